The highest BCUT2D eigenvalue weighted by Crippen LogP contribution is 2.40. The van der Waals surface area contributed by atoms with Crippen LogP contribution < -0.4 is 0 Å². The molecule has 16 heteroatoms. The van der Waals surface area contributed by atoms with E-state index in [1.54, 1.807) is 24.3 Å². The molecule has 70 heavy (non-hydrogen) atoms. The monoisotopic (exact) mass is 1020 g/mol. The molecule has 4 saturated heterocycles. The van der Waals surface area contributed by atoms with Gasteiger partial charge in [-0.25, -0.2) is 26.3 Å². The second-order valence-corrected chi connectivity index (χ2v) is 19.8. The summed E-state index contributed by atoms with van der Waals surface area (Å²) in [5, 5.41) is 42.3. The van der Waals surface area contributed by atoms with Crippen molar-refractivity contribution in [1.29, 1.82) is 0 Å². The molecule has 0 saturated carbocycles. The van der Waals surface area contributed by atoms with Crippen molar-refractivity contribution >= 4 is 23.2 Å². The molecule has 0 unspecified atom stereocenters. The molecular weight excluding hydrogens is 954 g/mol. The van der Waals surface area contributed by atoms with Crippen molar-refractivity contribution in [3.63, 3.8) is 0 Å². The number of hydrogen-bond acceptors (Lipinski definition) is 8. The Labute approximate surface area is 420 Å². The highest BCUT2D eigenvalue weighted by molar-refractivity contribution is 6.32. The van der Waals surface area contributed by atoms with Crippen molar-refractivity contribution in [2.45, 2.75) is 114 Å². The van der Waals surface area contributed by atoms with Gasteiger partial charge in [0.1, 0.15) is 11.6 Å². The van der Waals surface area contributed by atoms with E-state index in [4.69, 9.17) is 23.2 Å². The lowest BCUT2D eigenvalue weighted by molar-refractivity contribution is -0.0289. The summed E-state index contributed by atoms with van der Waals surface area (Å²) in [5.74, 6) is -4.54. The summed E-state index contributed by atoms with van der Waals surface area (Å²) in [6.07, 6.45) is 6.38. The van der Waals surface area contributed by atoms with Gasteiger partial charge in [0, 0.05) is 74.6 Å². The first-order chi connectivity index (χ1) is 33.3. The SMILES string of the molecule is CCCN1CCC(O)(c2cccc(F)c2Cl)CC1.CCCN1CCC(O)(c2cccc(F)c2F)CC1.CCN1CCC(O)(c2cccc(F)c2Cl)CC1.CCN1CCC(O)(c2cccc(F)c2F)CC1. The lowest BCUT2D eigenvalue weighted by atomic mass is 9.84. The van der Waals surface area contributed by atoms with Gasteiger partial charge < -0.3 is 40.0 Å². The zero-order valence-corrected chi connectivity index (χ0v) is 42.6. The molecule has 8 nitrogen and oxygen atoms in total. The van der Waals surface area contributed by atoms with Gasteiger partial charge in [0.25, 0.3) is 0 Å². The number of benzene rings is 4. The highest BCUT2D eigenvalue weighted by atomic mass is 35.5. The van der Waals surface area contributed by atoms with Crippen LogP contribution in [0.25, 0.3) is 0 Å². The number of aliphatic hydroxyl groups is 4. The van der Waals surface area contributed by atoms with Crippen LogP contribution in [0.15, 0.2) is 72.8 Å². The molecule has 0 amide bonds. The molecule has 0 aliphatic carbocycles. The summed E-state index contributed by atoms with van der Waals surface area (Å²) in [4.78, 5) is 9.01. The summed E-state index contributed by atoms with van der Waals surface area (Å²) in [5.41, 5.74) is -3.18. The molecular formula is C54H72Cl2F6N4O4. The van der Waals surface area contributed by atoms with Crippen LogP contribution in [0, 0.1) is 34.9 Å². The number of nitrogens with zero attached hydrogens (tertiary/aromatic N) is 4. The second-order valence-electron chi connectivity index (χ2n) is 19.1. The fourth-order valence-electron chi connectivity index (χ4n) is 9.93. The minimum absolute atomic E-state index is 0.0555. The van der Waals surface area contributed by atoms with E-state index < -0.39 is 57.3 Å². The van der Waals surface area contributed by atoms with Crippen LogP contribution in [-0.2, 0) is 22.4 Å². The molecule has 4 fully saturated rings. The molecule has 4 heterocycles. The van der Waals surface area contributed by atoms with Gasteiger partial charge in [-0.3, -0.25) is 0 Å². The van der Waals surface area contributed by atoms with Crippen molar-refractivity contribution in [2.24, 2.45) is 0 Å². The van der Waals surface area contributed by atoms with E-state index in [0.717, 1.165) is 90.4 Å². The van der Waals surface area contributed by atoms with Crippen molar-refractivity contribution < 1.29 is 46.8 Å². The van der Waals surface area contributed by atoms with Gasteiger partial charge in [-0.15, -0.1) is 0 Å². The van der Waals surface area contributed by atoms with Crippen LogP contribution in [0.1, 0.15) is 114 Å². The Morgan fingerprint density at radius 2 is 0.629 bits per heavy atom. The number of halogens is 8. The topological polar surface area (TPSA) is 93.9 Å². The maximum atomic E-state index is 13.7. The molecule has 4 aromatic rings. The Balaban J connectivity index is 0.000000174. The summed E-state index contributed by atoms with van der Waals surface area (Å²) >= 11 is 11.9. The summed E-state index contributed by atoms with van der Waals surface area (Å²) < 4.78 is 80.6. The summed E-state index contributed by atoms with van der Waals surface area (Å²) in [7, 11) is 0. The van der Waals surface area contributed by atoms with Crippen LogP contribution in [0.4, 0.5) is 26.3 Å². The maximum absolute atomic E-state index is 13.7. The average Bonchev–Trinajstić information content (AvgIpc) is 3.35. The summed E-state index contributed by atoms with van der Waals surface area (Å²) in [6, 6.07) is 17.3. The quantitative estimate of drug-likeness (QED) is 0.117. The van der Waals surface area contributed by atoms with Crippen LogP contribution in [0.5, 0.6) is 0 Å². The predicted octanol–water partition coefficient (Wildman–Crippen LogP) is 10.9. The Hall–Kier alpha value is -3.28. The first-order valence-electron chi connectivity index (χ1n) is 24.8. The molecule has 4 N–H and O–H groups in total. The molecule has 0 spiro atoms. The Morgan fingerprint density at radius 3 is 0.900 bits per heavy atom. The first kappa shape index (κ1) is 57.6. The van der Waals surface area contributed by atoms with E-state index in [-0.39, 0.29) is 21.2 Å². The fourth-order valence-corrected chi connectivity index (χ4v) is 10.5. The van der Waals surface area contributed by atoms with E-state index in [9.17, 15) is 46.8 Å². The van der Waals surface area contributed by atoms with Crippen molar-refractivity contribution in [1.82, 2.24) is 19.6 Å². The third-order valence-corrected chi connectivity index (χ3v) is 15.3. The van der Waals surface area contributed by atoms with E-state index in [2.05, 4.69) is 40.4 Å². The van der Waals surface area contributed by atoms with E-state index in [1.165, 1.54) is 36.4 Å². The highest BCUT2D eigenvalue weighted by Gasteiger charge is 2.39. The van der Waals surface area contributed by atoms with Gasteiger partial charge in [-0.05, 0) is 115 Å². The molecule has 0 aromatic heterocycles. The minimum atomic E-state index is -1.23. The Bertz CT molecular complexity index is 2110. The van der Waals surface area contributed by atoms with Gasteiger partial charge in [-0.1, -0.05) is 99.4 Å². The van der Waals surface area contributed by atoms with E-state index in [0.29, 0.717) is 75.6 Å². The molecule has 4 aromatic carbocycles. The van der Waals surface area contributed by atoms with Crippen molar-refractivity contribution in [3.8, 4) is 0 Å². The van der Waals surface area contributed by atoms with Crippen LogP contribution in [0.3, 0.4) is 0 Å². The Morgan fingerprint density at radius 1 is 0.386 bits per heavy atom. The lowest BCUT2D eigenvalue weighted by Crippen LogP contribution is -2.43. The molecule has 0 atom stereocenters. The van der Waals surface area contributed by atoms with Crippen LogP contribution in [0.2, 0.25) is 10.0 Å². The minimum Gasteiger partial charge on any atom is -0.385 e. The molecule has 0 radical (unpaired) electrons. The largest absolute Gasteiger partial charge is 0.385 e. The average molecular weight is 1030 g/mol. The molecule has 4 aliphatic heterocycles. The van der Waals surface area contributed by atoms with Gasteiger partial charge in [-0.2, -0.15) is 0 Å². The Kier molecular flexibility index (Phi) is 21.5. The van der Waals surface area contributed by atoms with Crippen molar-refractivity contribution in [3.05, 3.63) is 140 Å². The zero-order chi connectivity index (χ0) is 51.3. The van der Waals surface area contributed by atoms with Gasteiger partial charge in [0.05, 0.1) is 32.4 Å². The molecule has 388 valence electrons. The number of rotatable bonds is 10. The smallest absolute Gasteiger partial charge is 0.164 e. The summed E-state index contributed by atoms with van der Waals surface area (Å²) in [6.45, 7) is 18.5. The van der Waals surface area contributed by atoms with Gasteiger partial charge in [0.2, 0.25) is 0 Å². The first-order valence-corrected chi connectivity index (χ1v) is 25.6. The number of likely N-dealkylation sites (tertiary alicyclic amines) is 4. The normalized spacial score (nSPS) is 20.2. The third-order valence-electron chi connectivity index (χ3n) is 14.5. The van der Waals surface area contributed by atoms with Crippen LogP contribution >= 0.6 is 23.2 Å². The number of hydrogen-bond donors (Lipinski definition) is 4. The predicted molar refractivity (Wildman–Crippen MR) is 266 cm³/mol. The van der Waals surface area contributed by atoms with Crippen molar-refractivity contribution in [2.75, 3.05) is 78.5 Å². The van der Waals surface area contributed by atoms with Crippen LogP contribution in [-0.4, -0.2) is 119 Å². The maximum Gasteiger partial charge on any atom is 0.164 e. The number of piperidine rings is 4. The zero-order valence-electron chi connectivity index (χ0n) is 41.1. The molecule has 4 aliphatic rings. The van der Waals surface area contributed by atoms with Gasteiger partial charge in [0.15, 0.2) is 23.3 Å². The second kappa shape index (κ2) is 26.1. The fraction of sp³-hybridized carbons (Fsp3) is 0.556. The lowest BCUT2D eigenvalue weighted by Gasteiger charge is -2.38. The van der Waals surface area contributed by atoms with E-state index in [1.807, 2.05) is 6.92 Å². The van der Waals surface area contributed by atoms with E-state index >= 15 is 0 Å². The third kappa shape index (κ3) is 14.5. The standard InChI is InChI=1S/C14H19ClFNO.C14H19F2NO.C13H17ClFNO.C13H17F2NO/c1-2-8-17-9-6-14(18,7-10-17)11-4-3-5-12(16)13(11)15;1-2-8-17-9-6-14(18,7-10-17)11-4-3-5-12(15)13(11)16;1-2-16-8-6-13(17,7-9-16)10-4-3-5-11(15)12(10)14;1-2-16-8-6-13(17,7-9-16)10-4-3-5-11(14)12(10)15/h2*3-5,18H,2,6-10H2,1H3;2*3-5,17H,2,6-9H2,1H3. The van der Waals surface area contributed by atoms with Gasteiger partial charge >= 0.3 is 0 Å². The molecule has 0 bridgehead atoms. The molecule has 8 rings (SSSR count).